The first-order valence-electron chi connectivity index (χ1n) is 13.6. The van der Waals surface area contributed by atoms with Crippen LogP contribution in [0, 0.1) is 17.6 Å². The summed E-state index contributed by atoms with van der Waals surface area (Å²) in [6.07, 6.45) is 4.95. The highest BCUT2D eigenvalue weighted by molar-refractivity contribution is 5.94. The second kappa shape index (κ2) is 10.1. The number of amides is 1. The lowest BCUT2D eigenvalue weighted by molar-refractivity contribution is 0.0762. The number of aromatic nitrogens is 2. The molecule has 9 heteroatoms. The first-order valence-corrected chi connectivity index (χ1v) is 13.6. The van der Waals surface area contributed by atoms with Gasteiger partial charge in [-0.15, -0.1) is 0 Å². The van der Waals surface area contributed by atoms with Crippen LogP contribution in [0.1, 0.15) is 76.8 Å². The Morgan fingerprint density at radius 1 is 1.11 bits per heavy atom. The highest BCUT2D eigenvalue weighted by Crippen LogP contribution is 2.44. The molecule has 6 rings (SSSR count). The lowest BCUT2D eigenvalue weighted by Gasteiger charge is -2.33. The predicted molar refractivity (Wildman–Crippen MR) is 139 cm³/mol. The van der Waals surface area contributed by atoms with Gasteiger partial charge in [0, 0.05) is 43.2 Å². The van der Waals surface area contributed by atoms with Crippen molar-refractivity contribution in [3.8, 4) is 5.75 Å². The predicted octanol–water partition coefficient (Wildman–Crippen LogP) is 4.30. The maximum absolute atomic E-state index is 14.2. The molecule has 0 radical (unpaired) electrons. The minimum Gasteiger partial charge on any atom is -0.505 e. The number of benzene rings is 2. The standard InChI is InChI=1S/C29H33F2N5O2/c1-2-16-14-26(37)22(31)15-21(16)18-5-8-20-25(13-18)34-35-27(20)28-32-23-9-11-36(12-10-24(23)33-28)29(38)17-3-6-19(30)7-4-17/h3-4,6-7,14-15,18,20,25,27,34-35,37H,2,5,8-13H2,1H3,(H,32,33). The van der Waals surface area contributed by atoms with Crippen LogP contribution in [0.4, 0.5) is 8.78 Å². The number of rotatable bonds is 4. The average molecular weight is 522 g/mol. The number of nitrogens with one attached hydrogen (secondary N) is 3. The number of phenolic OH excluding ortho intramolecular Hbond substituents is 1. The van der Waals surface area contributed by atoms with Crippen molar-refractivity contribution in [2.24, 2.45) is 5.92 Å². The Kier molecular flexibility index (Phi) is 6.65. The van der Waals surface area contributed by atoms with Crippen molar-refractivity contribution in [1.82, 2.24) is 25.7 Å². The van der Waals surface area contributed by atoms with E-state index in [0.717, 1.165) is 54.0 Å². The molecule has 7 nitrogen and oxygen atoms in total. The van der Waals surface area contributed by atoms with Crippen molar-refractivity contribution in [3.05, 3.63) is 81.9 Å². The molecule has 2 aromatic carbocycles. The Balaban J connectivity index is 1.12. The molecule has 0 bridgehead atoms. The van der Waals surface area contributed by atoms with E-state index in [1.807, 2.05) is 11.8 Å². The van der Waals surface area contributed by atoms with Crippen molar-refractivity contribution in [3.63, 3.8) is 0 Å². The van der Waals surface area contributed by atoms with Crippen LogP contribution in [-0.4, -0.2) is 45.0 Å². The summed E-state index contributed by atoms with van der Waals surface area (Å²) in [5.74, 6) is 0.269. The third-order valence-corrected chi connectivity index (χ3v) is 8.59. The van der Waals surface area contributed by atoms with Gasteiger partial charge in [-0.05, 0) is 85.0 Å². The molecule has 1 amide bonds. The van der Waals surface area contributed by atoms with E-state index in [4.69, 9.17) is 4.98 Å². The topological polar surface area (TPSA) is 93.3 Å². The number of H-pyrrole nitrogens is 1. The van der Waals surface area contributed by atoms with Crippen LogP contribution >= 0.6 is 0 Å². The number of carbonyl (C=O) groups excluding carboxylic acids is 1. The summed E-state index contributed by atoms with van der Waals surface area (Å²) in [5, 5.41) is 9.82. The molecule has 3 aliphatic rings. The van der Waals surface area contributed by atoms with Gasteiger partial charge in [0.1, 0.15) is 11.6 Å². The van der Waals surface area contributed by atoms with E-state index in [-0.39, 0.29) is 35.5 Å². The number of nitrogens with zero attached hydrogens (tertiary/aromatic N) is 2. The average Bonchev–Trinajstić information content (AvgIpc) is 3.48. The van der Waals surface area contributed by atoms with Crippen LogP contribution in [0.5, 0.6) is 5.75 Å². The number of aromatic hydroxyl groups is 1. The second-order valence-corrected chi connectivity index (χ2v) is 10.7. The molecule has 0 spiro atoms. The molecule has 4 atom stereocenters. The zero-order valence-electron chi connectivity index (χ0n) is 21.4. The molecule has 38 heavy (non-hydrogen) atoms. The van der Waals surface area contributed by atoms with Gasteiger partial charge in [0.2, 0.25) is 0 Å². The SMILES string of the molecule is CCc1cc(O)c(F)cc1C1CCC2C(C1)NNC2c1nc2c([nH]1)CCN(C(=O)c1ccc(F)cc1)CC2. The molecule has 2 fully saturated rings. The fourth-order valence-electron chi connectivity index (χ4n) is 6.53. The van der Waals surface area contributed by atoms with Gasteiger partial charge in [0.25, 0.3) is 5.91 Å². The summed E-state index contributed by atoms with van der Waals surface area (Å²) in [6, 6.07) is 9.09. The minimum absolute atomic E-state index is 0.0621. The van der Waals surface area contributed by atoms with Gasteiger partial charge in [0.05, 0.1) is 11.7 Å². The third-order valence-electron chi connectivity index (χ3n) is 8.59. The van der Waals surface area contributed by atoms with Crippen LogP contribution in [0.2, 0.25) is 0 Å². The third kappa shape index (κ3) is 4.58. The van der Waals surface area contributed by atoms with E-state index >= 15 is 0 Å². The number of imidazole rings is 1. The number of carbonyl (C=O) groups is 1. The number of fused-ring (bicyclic) bond motifs is 2. The number of halogens is 2. The molecular formula is C29H33F2N5O2. The second-order valence-electron chi connectivity index (χ2n) is 10.7. The molecule has 4 N–H and O–H groups in total. The fraction of sp³-hybridized carbons (Fsp3) is 0.448. The Labute approximate surface area is 220 Å². The molecule has 4 unspecified atom stereocenters. The van der Waals surface area contributed by atoms with Gasteiger partial charge >= 0.3 is 0 Å². The van der Waals surface area contributed by atoms with Gasteiger partial charge in [-0.25, -0.2) is 19.2 Å². The highest BCUT2D eigenvalue weighted by atomic mass is 19.1. The van der Waals surface area contributed by atoms with Gasteiger partial charge < -0.3 is 15.0 Å². The number of phenols is 1. The largest absolute Gasteiger partial charge is 0.505 e. The van der Waals surface area contributed by atoms with Crippen LogP contribution in [0.3, 0.4) is 0 Å². The van der Waals surface area contributed by atoms with Gasteiger partial charge in [-0.2, -0.15) is 0 Å². The van der Waals surface area contributed by atoms with Gasteiger partial charge in [-0.3, -0.25) is 10.2 Å². The van der Waals surface area contributed by atoms with E-state index in [0.29, 0.717) is 37.4 Å². The van der Waals surface area contributed by atoms with E-state index in [9.17, 15) is 18.7 Å². The quantitative estimate of drug-likeness (QED) is 0.411. The maximum atomic E-state index is 14.2. The lowest BCUT2D eigenvalue weighted by Crippen LogP contribution is -2.35. The number of hydrogen-bond donors (Lipinski definition) is 4. The molecule has 3 aromatic rings. The number of aromatic amines is 1. The molecule has 2 aliphatic heterocycles. The Morgan fingerprint density at radius 3 is 2.68 bits per heavy atom. The molecule has 1 saturated carbocycles. The molecule has 1 aliphatic carbocycles. The minimum atomic E-state index is -0.551. The number of hydrazine groups is 1. The number of hydrogen-bond acceptors (Lipinski definition) is 5. The summed E-state index contributed by atoms with van der Waals surface area (Å²) in [6.45, 7) is 3.18. The van der Waals surface area contributed by atoms with Crippen molar-refractivity contribution in [1.29, 1.82) is 0 Å². The van der Waals surface area contributed by atoms with Crippen LogP contribution in [0.15, 0.2) is 36.4 Å². The normalized spacial score (nSPS) is 25.1. The molecular weight excluding hydrogens is 488 g/mol. The molecule has 1 aromatic heterocycles. The van der Waals surface area contributed by atoms with Crippen molar-refractivity contribution in [2.75, 3.05) is 13.1 Å². The Bertz CT molecular complexity index is 1320. The zero-order chi connectivity index (χ0) is 26.4. The molecule has 3 heterocycles. The summed E-state index contributed by atoms with van der Waals surface area (Å²) < 4.78 is 27.4. The summed E-state index contributed by atoms with van der Waals surface area (Å²) >= 11 is 0. The fourth-order valence-corrected chi connectivity index (χ4v) is 6.53. The first-order chi connectivity index (χ1) is 18.4. The maximum Gasteiger partial charge on any atom is 0.253 e. The van der Waals surface area contributed by atoms with E-state index in [1.165, 1.54) is 30.3 Å². The van der Waals surface area contributed by atoms with Crippen LogP contribution in [-0.2, 0) is 19.3 Å². The Hall–Kier alpha value is -3.30. The van der Waals surface area contributed by atoms with Crippen molar-refractivity contribution in [2.45, 2.75) is 63.5 Å². The molecule has 1 saturated heterocycles. The highest BCUT2D eigenvalue weighted by Gasteiger charge is 2.43. The van der Waals surface area contributed by atoms with Gasteiger partial charge in [-0.1, -0.05) is 6.92 Å². The Morgan fingerprint density at radius 2 is 1.89 bits per heavy atom. The zero-order valence-corrected chi connectivity index (χ0v) is 21.4. The van der Waals surface area contributed by atoms with Crippen LogP contribution < -0.4 is 10.9 Å². The summed E-state index contributed by atoms with van der Waals surface area (Å²) in [4.78, 5) is 23.2. The van der Waals surface area contributed by atoms with Crippen LogP contribution in [0.25, 0.3) is 0 Å². The van der Waals surface area contributed by atoms with E-state index in [2.05, 4.69) is 15.8 Å². The van der Waals surface area contributed by atoms with Crippen molar-refractivity contribution < 1.29 is 18.7 Å². The summed E-state index contributed by atoms with van der Waals surface area (Å²) in [5.41, 5.74) is 11.5. The monoisotopic (exact) mass is 521 g/mol. The smallest absolute Gasteiger partial charge is 0.253 e. The summed E-state index contributed by atoms with van der Waals surface area (Å²) in [7, 11) is 0. The number of aryl methyl sites for hydroxylation is 1. The van der Waals surface area contributed by atoms with E-state index < -0.39 is 5.82 Å². The van der Waals surface area contributed by atoms with E-state index in [1.54, 1.807) is 6.07 Å². The lowest BCUT2D eigenvalue weighted by atomic mass is 9.73. The van der Waals surface area contributed by atoms with Gasteiger partial charge in [0.15, 0.2) is 11.6 Å². The molecule has 200 valence electrons. The first kappa shape index (κ1) is 25.0. The van der Waals surface area contributed by atoms with Crippen molar-refractivity contribution >= 4 is 5.91 Å².